The van der Waals surface area contributed by atoms with Gasteiger partial charge in [0.2, 0.25) is 0 Å². The molecule has 2 amide bonds. The zero-order chi connectivity index (χ0) is 15.1. The van der Waals surface area contributed by atoms with Crippen LogP contribution in [0.4, 0.5) is 14.9 Å². The number of thioether (sulfide) groups is 1. The lowest BCUT2D eigenvalue weighted by Gasteiger charge is -2.11. The van der Waals surface area contributed by atoms with E-state index >= 15 is 0 Å². The minimum atomic E-state index is -1.18. The number of nitrogens with one attached hydrogen (secondary N) is 2. The summed E-state index contributed by atoms with van der Waals surface area (Å²) in [5.41, 5.74) is -0.238. The Kier molecular flexibility index (Phi) is 6.30. The second kappa shape index (κ2) is 7.74. The van der Waals surface area contributed by atoms with Gasteiger partial charge in [-0.25, -0.2) is 14.0 Å². The minimum Gasteiger partial charge on any atom is -0.478 e. The fourth-order valence-electron chi connectivity index (χ4n) is 1.43. The number of carboxylic acids is 1. The van der Waals surface area contributed by atoms with Gasteiger partial charge >= 0.3 is 12.0 Å². The number of benzene rings is 1. The summed E-state index contributed by atoms with van der Waals surface area (Å²) < 4.78 is 13.5. The van der Waals surface area contributed by atoms with Gasteiger partial charge in [-0.1, -0.05) is 6.92 Å². The van der Waals surface area contributed by atoms with Crippen LogP contribution in [0.5, 0.6) is 0 Å². The van der Waals surface area contributed by atoms with Crippen molar-refractivity contribution in [2.45, 2.75) is 18.6 Å². The van der Waals surface area contributed by atoms with E-state index in [1.165, 1.54) is 0 Å². The van der Waals surface area contributed by atoms with Crippen LogP contribution in [0.3, 0.4) is 0 Å². The first kappa shape index (κ1) is 16.3. The summed E-state index contributed by atoms with van der Waals surface area (Å²) in [6.07, 6.45) is 2.78. The van der Waals surface area contributed by atoms with Crippen LogP contribution in [0.15, 0.2) is 18.2 Å². The SMILES string of the molecule is CSC(C)CCNC(=O)Nc1cc(C(=O)O)ccc1F. The monoisotopic (exact) mass is 300 g/mol. The zero-order valence-electron chi connectivity index (χ0n) is 11.3. The third kappa shape index (κ3) is 5.08. The van der Waals surface area contributed by atoms with Crippen LogP contribution in [-0.2, 0) is 0 Å². The van der Waals surface area contributed by atoms with Gasteiger partial charge in [-0.3, -0.25) is 0 Å². The van der Waals surface area contributed by atoms with Crippen LogP contribution >= 0.6 is 11.8 Å². The van der Waals surface area contributed by atoms with Crippen molar-refractivity contribution in [3.63, 3.8) is 0 Å². The second-order valence-electron chi connectivity index (χ2n) is 4.22. The lowest BCUT2D eigenvalue weighted by molar-refractivity contribution is 0.0697. The normalized spacial score (nSPS) is 11.8. The molecule has 1 aromatic carbocycles. The van der Waals surface area contributed by atoms with Gasteiger partial charge in [0.25, 0.3) is 0 Å². The Morgan fingerprint density at radius 2 is 2.15 bits per heavy atom. The van der Waals surface area contributed by atoms with E-state index in [2.05, 4.69) is 10.6 Å². The van der Waals surface area contributed by atoms with Crippen molar-refractivity contribution in [1.29, 1.82) is 0 Å². The van der Waals surface area contributed by atoms with Crippen molar-refractivity contribution in [2.24, 2.45) is 0 Å². The van der Waals surface area contributed by atoms with Crippen LogP contribution in [0.25, 0.3) is 0 Å². The average Bonchev–Trinajstić information content (AvgIpc) is 2.40. The van der Waals surface area contributed by atoms with Gasteiger partial charge < -0.3 is 15.7 Å². The Morgan fingerprint density at radius 3 is 2.75 bits per heavy atom. The molecule has 1 unspecified atom stereocenters. The van der Waals surface area contributed by atoms with Gasteiger partial charge in [-0.2, -0.15) is 11.8 Å². The standard InChI is InChI=1S/C13H17FN2O3S/c1-8(20-2)5-6-15-13(19)16-11-7-9(12(17)18)3-4-10(11)14/h3-4,7-8H,5-6H2,1-2H3,(H,17,18)(H2,15,16,19). The summed E-state index contributed by atoms with van der Waals surface area (Å²) in [4.78, 5) is 22.3. The predicted octanol–water partition coefficient (Wildman–Crippen LogP) is 2.79. The first-order valence-electron chi connectivity index (χ1n) is 6.04. The van der Waals surface area contributed by atoms with Crippen molar-refractivity contribution in [2.75, 3.05) is 18.1 Å². The van der Waals surface area contributed by atoms with Crippen LogP contribution < -0.4 is 10.6 Å². The van der Waals surface area contributed by atoms with Gasteiger partial charge in [0.05, 0.1) is 11.3 Å². The van der Waals surface area contributed by atoms with Gasteiger partial charge in [0, 0.05) is 11.8 Å². The number of carbonyl (C=O) groups excluding carboxylic acids is 1. The number of urea groups is 1. The Morgan fingerprint density at radius 1 is 1.45 bits per heavy atom. The Balaban J connectivity index is 2.57. The molecule has 20 heavy (non-hydrogen) atoms. The lowest BCUT2D eigenvalue weighted by atomic mass is 10.2. The fraction of sp³-hybridized carbons (Fsp3) is 0.385. The van der Waals surface area contributed by atoms with Crippen molar-refractivity contribution in [3.05, 3.63) is 29.6 Å². The Labute approximate surface area is 120 Å². The number of rotatable bonds is 6. The van der Waals surface area contributed by atoms with Crippen LogP contribution in [0.1, 0.15) is 23.7 Å². The van der Waals surface area contributed by atoms with E-state index < -0.39 is 17.8 Å². The van der Waals surface area contributed by atoms with Gasteiger partial charge in [-0.05, 0) is 30.9 Å². The van der Waals surface area contributed by atoms with E-state index in [4.69, 9.17) is 5.11 Å². The number of amides is 2. The molecule has 0 aliphatic heterocycles. The van der Waals surface area contributed by atoms with Gasteiger partial charge in [-0.15, -0.1) is 0 Å². The predicted molar refractivity (Wildman–Crippen MR) is 78.0 cm³/mol. The van der Waals surface area contributed by atoms with Crippen LogP contribution in [0, 0.1) is 5.82 Å². The molecule has 0 radical (unpaired) electrons. The summed E-state index contributed by atoms with van der Waals surface area (Å²) in [5, 5.41) is 14.1. The highest BCUT2D eigenvalue weighted by molar-refractivity contribution is 7.99. The molecule has 0 aliphatic carbocycles. The molecule has 0 aromatic heterocycles. The highest BCUT2D eigenvalue weighted by Crippen LogP contribution is 2.16. The molecule has 5 nitrogen and oxygen atoms in total. The maximum Gasteiger partial charge on any atom is 0.335 e. The highest BCUT2D eigenvalue weighted by Gasteiger charge is 2.11. The molecular weight excluding hydrogens is 283 g/mol. The smallest absolute Gasteiger partial charge is 0.335 e. The van der Waals surface area contributed by atoms with E-state index in [0.717, 1.165) is 24.6 Å². The third-order valence-electron chi connectivity index (χ3n) is 2.70. The summed E-state index contributed by atoms with van der Waals surface area (Å²) in [7, 11) is 0. The van der Waals surface area contributed by atoms with E-state index in [-0.39, 0.29) is 11.3 Å². The molecule has 110 valence electrons. The number of halogens is 1. The molecule has 0 fully saturated rings. The molecule has 1 atom stereocenters. The number of hydrogen-bond acceptors (Lipinski definition) is 3. The molecular formula is C13H17FN2O3S. The van der Waals surface area contributed by atoms with Crippen molar-refractivity contribution in [3.8, 4) is 0 Å². The summed E-state index contributed by atoms with van der Waals surface area (Å²) in [6.45, 7) is 2.51. The summed E-state index contributed by atoms with van der Waals surface area (Å²) in [6, 6.07) is 2.68. The molecule has 0 aliphatic rings. The minimum absolute atomic E-state index is 0.0855. The topological polar surface area (TPSA) is 78.4 Å². The fourth-order valence-corrected chi connectivity index (χ4v) is 1.78. The second-order valence-corrected chi connectivity index (χ2v) is 5.49. The average molecular weight is 300 g/mol. The van der Waals surface area contributed by atoms with E-state index in [1.807, 2.05) is 13.2 Å². The molecule has 3 N–H and O–H groups in total. The molecule has 0 bridgehead atoms. The zero-order valence-corrected chi connectivity index (χ0v) is 12.1. The van der Waals surface area contributed by atoms with E-state index in [9.17, 15) is 14.0 Å². The van der Waals surface area contributed by atoms with Crippen LogP contribution in [0.2, 0.25) is 0 Å². The molecule has 1 rings (SSSR count). The largest absolute Gasteiger partial charge is 0.478 e. The maximum absolute atomic E-state index is 13.5. The molecule has 0 spiro atoms. The highest BCUT2D eigenvalue weighted by atomic mass is 32.2. The molecule has 0 saturated heterocycles. The number of hydrogen-bond donors (Lipinski definition) is 3. The van der Waals surface area contributed by atoms with E-state index in [1.54, 1.807) is 11.8 Å². The number of carbonyl (C=O) groups is 2. The molecule has 7 heteroatoms. The van der Waals surface area contributed by atoms with Gasteiger partial charge in [0.1, 0.15) is 5.82 Å². The van der Waals surface area contributed by atoms with Crippen molar-refractivity contribution < 1.29 is 19.1 Å². The maximum atomic E-state index is 13.5. The molecule has 0 heterocycles. The first-order chi connectivity index (χ1) is 9.43. The third-order valence-corrected chi connectivity index (χ3v) is 3.74. The Bertz CT molecular complexity index is 497. The number of anilines is 1. The molecule has 0 saturated carbocycles. The Hall–Kier alpha value is -1.76. The van der Waals surface area contributed by atoms with Crippen LogP contribution in [-0.4, -0.2) is 35.2 Å². The summed E-state index contributed by atoms with van der Waals surface area (Å²) >= 11 is 1.69. The van der Waals surface area contributed by atoms with Crippen molar-refractivity contribution in [1.82, 2.24) is 5.32 Å². The van der Waals surface area contributed by atoms with Crippen molar-refractivity contribution >= 4 is 29.4 Å². The van der Waals surface area contributed by atoms with E-state index in [0.29, 0.717) is 11.8 Å². The first-order valence-corrected chi connectivity index (χ1v) is 7.33. The summed E-state index contributed by atoms with van der Waals surface area (Å²) in [5.74, 6) is -1.86. The number of aromatic carboxylic acids is 1. The van der Waals surface area contributed by atoms with Gasteiger partial charge in [0.15, 0.2) is 0 Å². The lowest BCUT2D eigenvalue weighted by Crippen LogP contribution is -2.31. The molecule has 1 aromatic rings. The number of carboxylic acid groups (broad SMARTS) is 1. The quantitative estimate of drug-likeness (QED) is 0.755.